The number of carboxylic acid groups (broad SMARTS) is 1. The second-order valence-corrected chi connectivity index (χ2v) is 6.75. The molecule has 136 valence electrons. The number of pyridine rings is 1. The molecule has 2 aromatic heterocycles. The summed E-state index contributed by atoms with van der Waals surface area (Å²) in [5.74, 6) is -1.67. The van der Waals surface area contributed by atoms with E-state index in [4.69, 9.17) is 0 Å². The van der Waals surface area contributed by atoms with Crippen molar-refractivity contribution in [2.45, 2.75) is 6.92 Å². The Balaban J connectivity index is 1.83. The summed E-state index contributed by atoms with van der Waals surface area (Å²) in [5, 5.41) is 9.87. The SMILES string of the molecule is COC(=O)c1ccc(C=CC(=O)c2cnc3sc(C(=O)O)c(C)c3c2)cc1. The number of nitrogens with zero attached hydrogens (tertiary/aromatic N) is 1. The van der Waals surface area contributed by atoms with Gasteiger partial charge in [-0.2, -0.15) is 0 Å². The van der Waals surface area contributed by atoms with Gasteiger partial charge >= 0.3 is 11.9 Å². The zero-order chi connectivity index (χ0) is 19.6. The molecule has 0 aliphatic carbocycles. The average Bonchev–Trinajstić information content (AvgIpc) is 3.02. The van der Waals surface area contributed by atoms with Crippen molar-refractivity contribution in [1.82, 2.24) is 4.98 Å². The first kappa shape index (κ1) is 18.5. The summed E-state index contributed by atoms with van der Waals surface area (Å²) in [6.07, 6.45) is 4.49. The summed E-state index contributed by atoms with van der Waals surface area (Å²) in [6.45, 7) is 1.71. The number of hydrogen-bond donors (Lipinski definition) is 1. The number of aromatic nitrogens is 1. The van der Waals surface area contributed by atoms with Crippen LogP contribution < -0.4 is 0 Å². The van der Waals surface area contributed by atoms with Gasteiger partial charge in [-0.1, -0.05) is 18.2 Å². The molecule has 0 fully saturated rings. The zero-order valence-electron chi connectivity index (χ0n) is 14.6. The molecule has 1 aromatic carbocycles. The van der Waals surface area contributed by atoms with E-state index in [1.807, 2.05) is 0 Å². The molecule has 0 unspecified atom stereocenters. The van der Waals surface area contributed by atoms with E-state index in [0.717, 1.165) is 16.9 Å². The molecule has 0 aliphatic heterocycles. The number of rotatable bonds is 5. The second kappa shape index (κ2) is 7.51. The lowest BCUT2D eigenvalue weighted by Gasteiger charge is -2.00. The number of ketones is 1. The van der Waals surface area contributed by atoms with Crippen LogP contribution in [0.1, 0.15) is 41.5 Å². The van der Waals surface area contributed by atoms with Crippen molar-refractivity contribution in [3.05, 3.63) is 69.7 Å². The molecule has 2 heterocycles. The van der Waals surface area contributed by atoms with Crippen LogP contribution in [0.15, 0.2) is 42.6 Å². The van der Waals surface area contributed by atoms with Crippen molar-refractivity contribution in [3.63, 3.8) is 0 Å². The number of methoxy groups -OCH3 is 1. The number of allylic oxidation sites excluding steroid dienone is 1. The summed E-state index contributed by atoms with van der Waals surface area (Å²) >= 11 is 1.09. The van der Waals surface area contributed by atoms with Crippen LogP contribution in [0, 0.1) is 6.92 Å². The minimum Gasteiger partial charge on any atom is -0.477 e. The molecule has 0 saturated heterocycles. The third-order valence-corrected chi connectivity index (χ3v) is 5.24. The van der Waals surface area contributed by atoms with E-state index in [2.05, 4.69) is 9.72 Å². The topological polar surface area (TPSA) is 93.6 Å². The van der Waals surface area contributed by atoms with Gasteiger partial charge in [-0.15, -0.1) is 11.3 Å². The Bertz CT molecular complexity index is 1080. The Morgan fingerprint density at radius 3 is 2.48 bits per heavy atom. The van der Waals surface area contributed by atoms with Gasteiger partial charge in [-0.3, -0.25) is 4.79 Å². The Kier molecular flexibility index (Phi) is 5.14. The maximum Gasteiger partial charge on any atom is 0.346 e. The summed E-state index contributed by atoms with van der Waals surface area (Å²) in [7, 11) is 1.31. The smallest absolute Gasteiger partial charge is 0.346 e. The predicted octanol–water partition coefficient (Wildman–Crippen LogP) is 3.99. The quantitative estimate of drug-likeness (QED) is 0.408. The highest BCUT2D eigenvalue weighted by molar-refractivity contribution is 7.20. The van der Waals surface area contributed by atoms with Crippen LogP contribution in [-0.4, -0.2) is 34.9 Å². The average molecular weight is 381 g/mol. The van der Waals surface area contributed by atoms with Gasteiger partial charge in [0.25, 0.3) is 0 Å². The number of carbonyl (C=O) groups excluding carboxylic acids is 2. The maximum atomic E-state index is 12.4. The first-order chi connectivity index (χ1) is 12.9. The number of aryl methyl sites for hydroxylation is 1. The van der Waals surface area contributed by atoms with Gasteiger partial charge in [0.1, 0.15) is 9.71 Å². The van der Waals surface area contributed by atoms with E-state index in [9.17, 15) is 19.5 Å². The zero-order valence-corrected chi connectivity index (χ0v) is 15.4. The standard InChI is InChI=1S/C20H15NO5S/c1-11-15-9-14(10-21-18(15)27-17(11)19(23)24)16(22)8-5-12-3-6-13(7-4-12)20(25)26-2/h3-10H,1-2H3,(H,23,24). The van der Waals surface area contributed by atoms with E-state index < -0.39 is 11.9 Å². The van der Waals surface area contributed by atoms with E-state index in [0.29, 0.717) is 26.9 Å². The molecule has 0 saturated carbocycles. The van der Waals surface area contributed by atoms with Crippen LogP contribution in [0.5, 0.6) is 0 Å². The number of esters is 1. The van der Waals surface area contributed by atoms with Gasteiger partial charge in [-0.05, 0) is 42.3 Å². The number of fused-ring (bicyclic) bond motifs is 1. The monoisotopic (exact) mass is 381 g/mol. The predicted molar refractivity (Wildman–Crippen MR) is 102 cm³/mol. The van der Waals surface area contributed by atoms with Gasteiger partial charge < -0.3 is 9.84 Å². The highest BCUT2D eigenvalue weighted by Crippen LogP contribution is 2.30. The molecule has 3 aromatic rings. The number of carboxylic acids is 1. The summed E-state index contributed by atoms with van der Waals surface area (Å²) in [6, 6.07) is 8.31. The minimum atomic E-state index is -1.00. The van der Waals surface area contributed by atoms with Crippen molar-refractivity contribution < 1.29 is 24.2 Å². The normalized spacial score (nSPS) is 11.0. The molecule has 3 rings (SSSR count). The molecule has 0 bridgehead atoms. The first-order valence-corrected chi connectivity index (χ1v) is 8.75. The molecule has 0 atom stereocenters. The largest absolute Gasteiger partial charge is 0.477 e. The molecule has 0 spiro atoms. The van der Waals surface area contributed by atoms with Gasteiger partial charge in [0.15, 0.2) is 5.78 Å². The molecular formula is C20H15NO5S. The van der Waals surface area contributed by atoms with Gasteiger partial charge in [0.05, 0.1) is 12.7 Å². The highest BCUT2D eigenvalue weighted by atomic mass is 32.1. The number of benzene rings is 1. The Morgan fingerprint density at radius 1 is 1.15 bits per heavy atom. The fraction of sp³-hybridized carbons (Fsp3) is 0.100. The summed E-state index contributed by atoms with van der Waals surface area (Å²) in [4.78, 5) is 40.1. The molecule has 7 heteroatoms. The number of thiophene rings is 1. The fourth-order valence-electron chi connectivity index (χ4n) is 2.55. The van der Waals surface area contributed by atoms with E-state index in [-0.39, 0.29) is 10.7 Å². The summed E-state index contributed by atoms with van der Waals surface area (Å²) in [5.41, 5.74) is 2.16. The van der Waals surface area contributed by atoms with Crippen LogP contribution in [0.4, 0.5) is 0 Å². The van der Waals surface area contributed by atoms with Crippen LogP contribution in [0.3, 0.4) is 0 Å². The molecule has 0 radical (unpaired) electrons. The second-order valence-electron chi connectivity index (χ2n) is 5.75. The molecule has 6 nitrogen and oxygen atoms in total. The molecular weight excluding hydrogens is 366 g/mol. The number of ether oxygens (including phenoxy) is 1. The van der Waals surface area contributed by atoms with Crippen LogP contribution in [-0.2, 0) is 4.74 Å². The Hall–Kier alpha value is -3.32. The van der Waals surface area contributed by atoms with Crippen molar-refractivity contribution in [1.29, 1.82) is 0 Å². The Morgan fingerprint density at radius 2 is 1.85 bits per heavy atom. The molecule has 1 N–H and O–H groups in total. The molecule has 0 amide bonds. The number of carbonyl (C=O) groups is 3. The van der Waals surface area contributed by atoms with E-state index >= 15 is 0 Å². The third kappa shape index (κ3) is 3.78. The minimum absolute atomic E-state index is 0.225. The van der Waals surface area contributed by atoms with Crippen molar-refractivity contribution in [3.8, 4) is 0 Å². The van der Waals surface area contributed by atoms with Crippen molar-refractivity contribution in [2.24, 2.45) is 0 Å². The first-order valence-electron chi connectivity index (χ1n) is 7.94. The van der Waals surface area contributed by atoms with E-state index in [1.54, 1.807) is 43.3 Å². The number of hydrogen-bond acceptors (Lipinski definition) is 6. The van der Waals surface area contributed by atoms with Gasteiger partial charge in [0, 0.05) is 17.1 Å². The lowest BCUT2D eigenvalue weighted by atomic mass is 10.1. The van der Waals surface area contributed by atoms with Gasteiger partial charge in [0.2, 0.25) is 0 Å². The molecule has 27 heavy (non-hydrogen) atoms. The third-order valence-electron chi connectivity index (χ3n) is 4.03. The van der Waals surface area contributed by atoms with Crippen LogP contribution in [0.2, 0.25) is 0 Å². The van der Waals surface area contributed by atoms with Gasteiger partial charge in [-0.25, -0.2) is 14.6 Å². The lowest BCUT2D eigenvalue weighted by Crippen LogP contribution is -2.00. The fourth-order valence-corrected chi connectivity index (χ4v) is 3.52. The maximum absolute atomic E-state index is 12.4. The van der Waals surface area contributed by atoms with Crippen LogP contribution >= 0.6 is 11.3 Å². The summed E-state index contributed by atoms with van der Waals surface area (Å²) < 4.78 is 4.64. The van der Waals surface area contributed by atoms with Crippen LogP contribution in [0.25, 0.3) is 16.3 Å². The molecule has 0 aliphatic rings. The van der Waals surface area contributed by atoms with Crippen molar-refractivity contribution >= 4 is 45.4 Å². The Labute approximate surface area is 158 Å². The van der Waals surface area contributed by atoms with E-state index in [1.165, 1.54) is 19.4 Å². The highest BCUT2D eigenvalue weighted by Gasteiger charge is 2.16. The lowest BCUT2D eigenvalue weighted by molar-refractivity contribution is 0.0599. The number of aromatic carboxylic acids is 1. The van der Waals surface area contributed by atoms with Crippen molar-refractivity contribution in [2.75, 3.05) is 7.11 Å².